The Kier molecular flexibility index (Phi) is 7.35. The number of hydrogen-bond donors (Lipinski definition) is 1. The van der Waals surface area contributed by atoms with Crippen molar-refractivity contribution < 1.29 is 28.2 Å². The van der Waals surface area contributed by atoms with Gasteiger partial charge in [0.25, 0.3) is 0 Å². The number of carbonyl (C=O) groups is 3. The molecular weight excluding hydrogens is 489 g/mol. The lowest BCUT2D eigenvalue weighted by Crippen LogP contribution is -2.41. The van der Waals surface area contributed by atoms with Crippen LogP contribution in [0.4, 0.5) is 10.1 Å². The maximum absolute atomic E-state index is 14.5. The van der Waals surface area contributed by atoms with Crippen LogP contribution in [0.15, 0.2) is 102 Å². The van der Waals surface area contributed by atoms with Gasteiger partial charge in [-0.05, 0) is 23.8 Å². The molecule has 0 fully saturated rings. The Morgan fingerprint density at radius 1 is 0.921 bits per heavy atom. The third kappa shape index (κ3) is 4.51. The summed E-state index contributed by atoms with van der Waals surface area (Å²) in [5.41, 5.74) is 6.41. The summed E-state index contributed by atoms with van der Waals surface area (Å²) in [6.07, 6.45) is 0. The Morgan fingerprint density at radius 3 is 2.11 bits per heavy atom. The zero-order valence-corrected chi connectivity index (χ0v) is 20.5. The molecule has 0 spiro atoms. The molecule has 1 unspecified atom stereocenters. The van der Waals surface area contributed by atoms with Crippen molar-refractivity contribution in [1.29, 1.82) is 5.26 Å². The van der Waals surface area contributed by atoms with Gasteiger partial charge >= 0.3 is 11.9 Å². The highest BCUT2D eigenvalue weighted by molar-refractivity contribution is 6.14. The standard InChI is InChI=1S/C29H22FN3O5/c1-37-28(35)24-23(17-9-5-3-6-10-17)21(16-31)27(32)33(25(24)29(36)38-2)22-14-13-19(30)15-20(22)26(34)18-11-7-4-8-12-18/h3-15,23H,32H2,1-2H3. The number of methoxy groups -OCH3 is 2. The first-order chi connectivity index (χ1) is 18.3. The maximum Gasteiger partial charge on any atom is 0.355 e. The molecule has 0 aromatic heterocycles. The number of anilines is 1. The van der Waals surface area contributed by atoms with Crippen molar-refractivity contribution in [2.75, 3.05) is 19.1 Å². The summed E-state index contributed by atoms with van der Waals surface area (Å²) in [5.74, 6) is -4.49. The molecule has 0 radical (unpaired) electrons. The topological polar surface area (TPSA) is 123 Å². The van der Waals surface area contributed by atoms with Gasteiger partial charge in [-0.2, -0.15) is 5.26 Å². The Hall–Kier alpha value is -5.23. The number of ketones is 1. The molecular formula is C29H22FN3O5. The highest BCUT2D eigenvalue weighted by Crippen LogP contribution is 2.44. The van der Waals surface area contributed by atoms with Crippen LogP contribution in [0.2, 0.25) is 0 Å². The highest BCUT2D eigenvalue weighted by Gasteiger charge is 2.43. The van der Waals surface area contributed by atoms with Gasteiger partial charge in [-0.25, -0.2) is 14.0 Å². The van der Waals surface area contributed by atoms with E-state index in [4.69, 9.17) is 15.2 Å². The molecule has 0 aliphatic carbocycles. The molecule has 0 amide bonds. The summed E-state index contributed by atoms with van der Waals surface area (Å²) in [4.78, 5) is 41.0. The van der Waals surface area contributed by atoms with Gasteiger partial charge in [0.1, 0.15) is 17.3 Å². The molecule has 0 saturated carbocycles. The number of ether oxygens (including phenoxy) is 2. The number of hydrogen-bond acceptors (Lipinski definition) is 8. The van der Waals surface area contributed by atoms with Gasteiger partial charge in [-0.1, -0.05) is 60.7 Å². The molecule has 3 aromatic carbocycles. The number of carbonyl (C=O) groups excluding carboxylic acids is 3. The number of allylic oxidation sites excluding steroid dienone is 1. The molecule has 8 nitrogen and oxygen atoms in total. The van der Waals surface area contributed by atoms with Gasteiger partial charge < -0.3 is 15.2 Å². The molecule has 2 N–H and O–H groups in total. The van der Waals surface area contributed by atoms with E-state index in [0.717, 1.165) is 31.3 Å². The van der Waals surface area contributed by atoms with Crippen molar-refractivity contribution >= 4 is 23.4 Å². The van der Waals surface area contributed by atoms with Crippen LogP contribution in [0.1, 0.15) is 27.4 Å². The summed E-state index contributed by atoms with van der Waals surface area (Å²) in [6.45, 7) is 0. The monoisotopic (exact) mass is 511 g/mol. The van der Waals surface area contributed by atoms with Gasteiger partial charge in [-0.15, -0.1) is 0 Å². The molecule has 190 valence electrons. The van der Waals surface area contributed by atoms with Crippen LogP contribution < -0.4 is 10.6 Å². The van der Waals surface area contributed by atoms with Gasteiger partial charge in [0.05, 0.1) is 43.0 Å². The predicted octanol–water partition coefficient (Wildman–Crippen LogP) is 3.95. The second kappa shape index (κ2) is 10.8. The van der Waals surface area contributed by atoms with E-state index in [-0.39, 0.29) is 39.5 Å². The van der Waals surface area contributed by atoms with E-state index in [9.17, 15) is 24.0 Å². The zero-order chi connectivity index (χ0) is 27.4. The van der Waals surface area contributed by atoms with Crippen LogP contribution in [0.3, 0.4) is 0 Å². The summed E-state index contributed by atoms with van der Waals surface area (Å²) >= 11 is 0. The summed E-state index contributed by atoms with van der Waals surface area (Å²) in [6, 6.07) is 22.0. The van der Waals surface area contributed by atoms with Crippen molar-refractivity contribution in [2.45, 2.75) is 5.92 Å². The molecule has 4 rings (SSSR count). The van der Waals surface area contributed by atoms with Crippen LogP contribution >= 0.6 is 0 Å². The zero-order valence-electron chi connectivity index (χ0n) is 20.5. The molecule has 9 heteroatoms. The van der Waals surface area contributed by atoms with E-state index in [2.05, 4.69) is 0 Å². The van der Waals surface area contributed by atoms with Crippen LogP contribution in [-0.2, 0) is 19.1 Å². The van der Waals surface area contributed by atoms with Crippen LogP contribution in [0, 0.1) is 17.1 Å². The van der Waals surface area contributed by atoms with Gasteiger partial charge in [-0.3, -0.25) is 9.69 Å². The third-order valence-corrected chi connectivity index (χ3v) is 6.09. The van der Waals surface area contributed by atoms with Crippen molar-refractivity contribution in [2.24, 2.45) is 5.73 Å². The number of esters is 2. The number of halogens is 1. The molecule has 1 aliphatic rings. The number of rotatable bonds is 6. The Balaban J connectivity index is 2.08. The van der Waals surface area contributed by atoms with E-state index >= 15 is 0 Å². The van der Waals surface area contributed by atoms with E-state index < -0.39 is 29.5 Å². The first kappa shape index (κ1) is 25.9. The molecule has 0 saturated heterocycles. The number of nitrogens with two attached hydrogens (primary N) is 1. The lowest BCUT2D eigenvalue weighted by atomic mass is 9.80. The van der Waals surface area contributed by atoms with E-state index in [1.165, 1.54) is 6.07 Å². The Morgan fingerprint density at radius 2 is 1.53 bits per heavy atom. The van der Waals surface area contributed by atoms with Crippen molar-refractivity contribution in [3.8, 4) is 6.07 Å². The Bertz CT molecular complexity index is 1520. The molecule has 1 atom stereocenters. The van der Waals surface area contributed by atoms with Crippen LogP contribution in [-0.4, -0.2) is 31.9 Å². The van der Waals surface area contributed by atoms with Crippen molar-refractivity contribution in [3.63, 3.8) is 0 Å². The summed E-state index contributed by atoms with van der Waals surface area (Å²) in [5, 5.41) is 10.2. The average Bonchev–Trinajstić information content (AvgIpc) is 2.96. The minimum Gasteiger partial charge on any atom is -0.466 e. The van der Waals surface area contributed by atoms with Gasteiger partial charge in [0.15, 0.2) is 5.78 Å². The molecule has 0 bridgehead atoms. The fourth-order valence-corrected chi connectivity index (χ4v) is 4.39. The average molecular weight is 512 g/mol. The summed E-state index contributed by atoms with van der Waals surface area (Å²) in [7, 11) is 2.24. The van der Waals surface area contributed by atoms with E-state index in [1.54, 1.807) is 60.7 Å². The fourth-order valence-electron chi connectivity index (χ4n) is 4.39. The Labute approximate surface area is 218 Å². The third-order valence-electron chi connectivity index (χ3n) is 6.09. The first-order valence-electron chi connectivity index (χ1n) is 11.4. The lowest BCUT2D eigenvalue weighted by Gasteiger charge is -2.36. The predicted molar refractivity (Wildman–Crippen MR) is 136 cm³/mol. The van der Waals surface area contributed by atoms with E-state index in [1.807, 2.05) is 6.07 Å². The second-order valence-corrected chi connectivity index (χ2v) is 8.19. The molecule has 38 heavy (non-hydrogen) atoms. The smallest absolute Gasteiger partial charge is 0.355 e. The fraction of sp³-hybridized carbons (Fsp3) is 0.103. The SMILES string of the molecule is COC(=O)C1=C(C(=O)OC)N(c2ccc(F)cc2C(=O)c2ccccc2)C(N)=C(C#N)C1c1ccccc1. The number of benzene rings is 3. The number of nitrogens with zero attached hydrogens (tertiary/aromatic N) is 2. The highest BCUT2D eigenvalue weighted by atomic mass is 19.1. The second-order valence-electron chi connectivity index (χ2n) is 8.19. The van der Waals surface area contributed by atoms with E-state index in [0.29, 0.717) is 5.56 Å². The normalized spacial score (nSPS) is 15.1. The van der Waals surface area contributed by atoms with Crippen LogP contribution in [0.25, 0.3) is 0 Å². The van der Waals surface area contributed by atoms with Gasteiger partial charge in [0, 0.05) is 11.1 Å². The quantitative estimate of drug-likeness (QED) is 0.390. The summed E-state index contributed by atoms with van der Waals surface area (Å²) < 4.78 is 24.5. The minimum atomic E-state index is -1.08. The lowest BCUT2D eigenvalue weighted by molar-refractivity contribution is -0.139. The maximum atomic E-state index is 14.5. The molecule has 3 aromatic rings. The minimum absolute atomic E-state index is 0.0289. The largest absolute Gasteiger partial charge is 0.466 e. The van der Waals surface area contributed by atoms with Crippen LogP contribution in [0.5, 0.6) is 0 Å². The first-order valence-corrected chi connectivity index (χ1v) is 11.4. The molecule has 1 heterocycles. The van der Waals surface area contributed by atoms with Crippen molar-refractivity contribution in [3.05, 3.63) is 124 Å². The number of nitriles is 1. The molecule has 1 aliphatic heterocycles. The van der Waals surface area contributed by atoms with Gasteiger partial charge in [0.2, 0.25) is 0 Å². The van der Waals surface area contributed by atoms with Crippen molar-refractivity contribution in [1.82, 2.24) is 0 Å².